The molecule has 1 aromatic carbocycles. The Morgan fingerprint density at radius 1 is 1.00 bits per heavy atom. The molecule has 94 valence electrons. The Morgan fingerprint density at radius 2 is 1.67 bits per heavy atom. The smallest absolute Gasteiger partial charge is 0.418 e. The number of ether oxygens (including phenoxy) is 1. The lowest BCUT2D eigenvalue weighted by Gasteiger charge is -2.09. The van der Waals surface area contributed by atoms with E-state index in [-0.39, 0.29) is 5.75 Å². The average molecular weight is 254 g/mol. The Morgan fingerprint density at radius 3 is 2.28 bits per heavy atom. The minimum atomic E-state index is -4.44. The molecule has 0 bridgehead atoms. The van der Waals surface area contributed by atoms with Crippen molar-refractivity contribution in [2.75, 3.05) is 5.73 Å². The van der Waals surface area contributed by atoms with Crippen LogP contribution in [-0.2, 0) is 6.18 Å². The number of anilines is 1. The second kappa shape index (κ2) is 4.56. The van der Waals surface area contributed by atoms with Gasteiger partial charge in [0.2, 0.25) is 0 Å². The van der Waals surface area contributed by atoms with Crippen LogP contribution in [-0.4, -0.2) is 4.98 Å². The van der Waals surface area contributed by atoms with Crippen molar-refractivity contribution in [3.63, 3.8) is 0 Å². The Labute approximate surface area is 101 Å². The van der Waals surface area contributed by atoms with E-state index in [2.05, 4.69) is 4.98 Å². The summed E-state index contributed by atoms with van der Waals surface area (Å²) in [6.07, 6.45) is -2.48. The van der Waals surface area contributed by atoms with E-state index in [4.69, 9.17) is 10.5 Å². The van der Waals surface area contributed by atoms with Gasteiger partial charge in [-0.1, -0.05) is 0 Å². The molecule has 0 aliphatic heterocycles. The van der Waals surface area contributed by atoms with E-state index in [0.717, 1.165) is 12.3 Å². The second-order valence-electron chi connectivity index (χ2n) is 3.58. The van der Waals surface area contributed by atoms with Crippen LogP contribution in [0.1, 0.15) is 5.56 Å². The van der Waals surface area contributed by atoms with Crippen molar-refractivity contribution in [3.8, 4) is 11.5 Å². The Hall–Kier alpha value is -2.24. The van der Waals surface area contributed by atoms with Gasteiger partial charge in [-0.2, -0.15) is 13.2 Å². The van der Waals surface area contributed by atoms with E-state index in [0.29, 0.717) is 11.4 Å². The van der Waals surface area contributed by atoms with Crippen LogP contribution in [0, 0.1) is 0 Å². The Bertz CT molecular complexity index is 538. The van der Waals surface area contributed by atoms with Crippen LogP contribution >= 0.6 is 0 Å². The van der Waals surface area contributed by atoms with Crippen LogP contribution in [0.2, 0.25) is 0 Å². The van der Waals surface area contributed by atoms with Gasteiger partial charge >= 0.3 is 6.18 Å². The van der Waals surface area contributed by atoms with Gasteiger partial charge in [0.1, 0.15) is 11.5 Å². The second-order valence-corrected chi connectivity index (χ2v) is 3.58. The van der Waals surface area contributed by atoms with E-state index < -0.39 is 11.7 Å². The third-order valence-electron chi connectivity index (χ3n) is 2.16. The first kappa shape index (κ1) is 12.2. The largest absolute Gasteiger partial charge is 0.456 e. The van der Waals surface area contributed by atoms with Gasteiger partial charge in [-0.3, -0.25) is 4.98 Å². The van der Waals surface area contributed by atoms with Crippen LogP contribution in [0.25, 0.3) is 0 Å². The number of pyridine rings is 1. The highest BCUT2D eigenvalue weighted by molar-refractivity contribution is 5.43. The summed E-state index contributed by atoms with van der Waals surface area (Å²) in [4.78, 5) is 3.50. The van der Waals surface area contributed by atoms with Gasteiger partial charge in [0.15, 0.2) is 0 Å². The Kier molecular flexibility index (Phi) is 3.10. The highest BCUT2D eigenvalue weighted by atomic mass is 19.4. The van der Waals surface area contributed by atoms with Gasteiger partial charge in [-0.25, -0.2) is 0 Å². The number of hydrogen-bond acceptors (Lipinski definition) is 3. The standard InChI is InChI=1S/C12H9F3N2O/c13-12(14,15)8-5-11(7-17-6-8)18-10-3-1-9(16)2-4-10/h1-7H,16H2. The van der Waals surface area contributed by atoms with Gasteiger partial charge in [-0.15, -0.1) is 0 Å². The summed E-state index contributed by atoms with van der Waals surface area (Å²) in [5, 5.41) is 0. The van der Waals surface area contributed by atoms with E-state index in [1.807, 2.05) is 0 Å². The molecule has 1 heterocycles. The molecule has 0 radical (unpaired) electrons. The first-order valence-electron chi connectivity index (χ1n) is 5.01. The molecule has 0 saturated carbocycles. The minimum absolute atomic E-state index is 0.0228. The normalized spacial score (nSPS) is 11.3. The summed E-state index contributed by atoms with van der Waals surface area (Å²) >= 11 is 0. The van der Waals surface area contributed by atoms with Crippen molar-refractivity contribution in [2.45, 2.75) is 6.18 Å². The molecule has 0 spiro atoms. The number of rotatable bonds is 2. The first-order chi connectivity index (χ1) is 8.45. The van der Waals surface area contributed by atoms with Crippen LogP contribution in [0.15, 0.2) is 42.7 Å². The van der Waals surface area contributed by atoms with Gasteiger partial charge in [0, 0.05) is 11.9 Å². The van der Waals surface area contributed by atoms with Crippen LogP contribution in [0.5, 0.6) is 11.5 Å². The van der Waals surface area contributed by atoms with E-state index >= 15 is 0 Å². The van der Waals surface area contributed by atoms with Crippen LogP contribution < -0.4 is 10.5 Å². The molecule has 0 aliphatic carbocycles. The maximum Gasteiger partial charge on any atom is 0.418 e. The van der Waals surface area contributed by atoms with Crippen molar-refractivity contribution >= 4 is 5.69 Å². The van der Waals surface area contributed by atoms with Crippen molar-refractivity contribution < 1.29 is 17.9 Å². The lowest BCUT2D eigenvalue weighted by Crippen LogP contribution is -2.05. The van der Waals surface area contributed by atoms with E-state index in [9.17, 15) is 13.2 Å². The van der Waals surface area contributed by atoms with Gasteiger partial charge in [0.25, 0.3) is 0 Å². The number of alkyl halides is 3. The molecule has 0 unspecified atom stereocenters. The highest BCUT2D eigenvalue weighted by Crippen LogP contribution is 2.31. The minimum Gasteiger partial charge on any atom is -0.456 e. The molecule has 0 aliphatic rings. The summed E-state index contributed by atoms with van der Waals surface area (Å²) in [5.41, 5.74) is 5.18. The quantitative estimate of drug-likeness (QED) is 0.834. The van der Waals surface area contributed by atoms with Gasteiger partial charge in [-0.05, 0) is 30.3 Å². The highest BCUT2D eigenvalue weighted by Gasteiger charge is 2.31. The molecule has 0 atom stereocenters. The van der Waals surface area contributed by atoms with Crippen molar-refractivity contribution in [1.82, 2.24) is 4.98 Å². The zero-order chi connectivity index (χ0) is 13.2. The fraction of sp³-hybridized carbons (Fsp3) is 0.0833. The molecule has 18 heavy (non-hydrogen) atoms. The third kappa shape index (κ3) is 2.91. The maximum absolute atomic E-state index is 12.4. The van der Waals surface area contributed by atoms with Crippen molar-refractivity contribution in [1.29, 1.82) is 0 Å². The topological polar surface area (TPSA) is 48.1 Å². The molecular formula is C12H9F3N2O. The van der Waals surface area contributed by atoms with Gasteiger partial charge < -0.3 is 10.5 Å². The van der Waals surface area contributed by atoms with E-state index in [1.54, 1.807) is 24.3 Å². The van der Waals surface area contributed by atoms with Crippen molar-refractivity contribution in [3.05, 3.63) is 48.3 Å². The summed E-state index contributed by atoms with van der Waals surface area (Å²) in [7, 11) is 0. The number of halogens is 3. The lowest BCUT2D eigenvalue weighted by molar-refractivity contribution is -0.137. The molecule has 2 N–H and O–H groups in total. The van der Waals surface area contributed by atoms with E-state index in [1.165, 1.54) is 6.20 Å². The fourth-order valence-corrected chi connectivity index (χ4v) is 1.30. The molecule has 1 aromatic heterocycles. The summed E-state index contributed by atoms with van der Waals surface area (Å²) in [5.74, 6) is 0.417. The molecule has 0 saturated heterocycles. The van der Waals surface area contributed by atoms with Crippen LogP contribution in [0.4, 0.5) is 18.9 Å². The van der Waals surface area contributed by atoms with Crippen LogP contribution in [0.3, 0.4) is 0 Å². The lowest BCUT2D eigenvalue weighted by atomic mass is 10.2. The summed E-state index contributed by atoms with van der Waals surface area (Å²) < 4.78 is 42.6. The predicted octanol–water partition coefficient (Wildman–Crippen LogP) is 3.47. The summed E-state index contributed by atoms with van der Waals surface area (Å²) in [6, 6.07) is 7.21. The molecule has 2 rings (SSSR count). The number of benzene rings is 1. The molecule has 6 heteroatoms. The number of hydrogen-bond donors (Lipinski definition) is 1. The summed E-state index contributed by atoms with van der Waals surface area (Å²) in [6.45, 7) is 0. The predicted molar refractivity (Wildman–Crippen MR) is 60.2 cm³/mol. The molecule has 0 amide bonds. The number of nitrogens with zero attached hydrogens (tertiary/aromatic N) is 1. The Balaban J connectivity index is 2.22. The third-order valence-corrected chi connectivity index (χ3v) is 2.16. The number of nitrogen functional groups attached to an aromatic ring is 1. The monoisotopic (exact) mass is 254 g/mol. The molecule has 0 fully saturated rings. The number of nitrogens with two attached hydrogens (primary N) is 1. The van der Waals surface area contributed by atoms with Crippen molar-refractivity contribution in [2.24, 2.45) is 0 Å². The number of aromatic nitrogens is 1. The zero-order valence-electron chi connectivity index (χ0n) is 9.11. The first-order valence-corrected chi connectivity index (χ1v) is 5.01. The average Bonchev–Trinajstić information content (AvgIpc) is 2.31. The molecular weight excluding hydrogens is 245 g/mol. The maximum atomic E-state index is 12.4. The SMILES string of the molecule is Nc1ccc(Oc2cncc(C(F)(F)F)c2)cc1. The zero-order valence-corrected chi connectivity index (χ0v) is 9.11. The fourth-order valence-electron chi connectivity index (χ4n) is 1.30. The van der Waals surface area contributed by atoms with Gasteiger partial charge in [0.05, 0.1) is 11.8 Å². The molecule has 3 nitrogen and oxygen atoms in total. The molecule has 2 aromatic rings.